The summed E-state index contributed by atoms with van der Waals surface area (Å²) in [5.74, 6) is 1.90. The Bertz CT molecular complexity index is 1200. The number of aromatic nitrogens is 1. The summed E-state index contributed by atoms with van der Waals surface area (Å²) in [6, 6.07) is 12.7. The molecule has 0 aliphatic carbocycles. The standard InChI is InChI=1S/C30H38ClN3O2/c1-20(2)18-34(19-22-15-25-6-3-4-13-36-29(25)26(31)16-22)30(35)27-17-21(9-11-32-27)14-24-8-5-7-23-10-12-33-28(23)24/h5,7-8,10,12,15-16,20-21,27,32-33H,3-4,6,9,11,13-14,17-19H2,1-2H3. The van der Waals surface area contributed by atoms with Gasteiger partial charge in [-0.1, -0.05) is 49.7 Å². The molecule has 0 spiro atoms. The number of nitrogens with zero attached hydrogens (tertiary/aromatic N) is 1. The number of nitrogens with one attached hydrogen (secondary N) is 2. The Hall–Kier alpha value is -2.50. The molecule has 0 bridgehead atoms. The summed E-state index contributed by atoms with van der Waals surface area (Å²) in [4.78, 5) is 19.3. The van der Waals surface area contributed by atoms with Crippen LogP contribution in [0.15, 0.2) is 42.6 Å². The van der Waals surface area contributed by atoms with Gasteiger partial charge in [-0.05, 0) is 91.1 Å². The molecule has 3 heterocycles. The van der Waals surface area contributed by atoms with Crippen LogP contribution in [0.1, 0.15) is 56.2 Å². The maximum absolute atomic E-state index is 13.8. The zero-order valence-electron chi connectivity index (χ0n) is 21.5. The van der Waals surface area contributed by atoms with E-state index in [1.807, 2.05) is 17.2 Å². The van der Waals surface area contributed by atoms with Gasteiger partial charge < -0.3 is 19.9 Å². The average molecular weight is 508 g/mol. The van der Waals surface area contributed by atoms with E-state index in [2.05, 4.69) is 54.5 Å². The number of aryl methyl sites for hydroxylation is 1. The molecule has 2 N–H and O–H groups in total. The van der Waals surface area contributed by atoms with E-state index in [-0.39, 0.29) is 11.9 Å². The lowest BCUT2D eigenvalue weighted by Crippen LogP contribution is -2.51. The largest absolute Gasteiger partial charge is 0.492 e. The molecule has 1 amide bonds. The van der Waals surface area contributed by atoms with Crippen molar-refractivity contribution in [3.8, 4) is 5.75 Å². The summed E-state index contributed by atoms with van der Waals surface area (Å²) >= 11 is 6.62. The fourth-order valence-electron chi connectivity index (χ4n) is 5.86. The van der Waals surface area contributed by atoms with E-state index in [1.54, 1.807) is 0 Å². The first-order valence-electron chi connectivity index (χ1n) is 13.5. The molecule has 0 radical (unpaired) electrons. The SMILES string of the molecule is CC(C)CN(Cc1cc(Cl)c2c(c1)CCCCO2)C(=O)C1CC(Cc2cccc3cc[nH]c23)CCN1. The molecular weight excluding hydrogens is 470 g/mol. The van der Waals surface area contributed by atoms with Crippen LogP contribution >= 0.6 is 11.6 Å². The second-order valence-corrected chi connectivity index (χ2v) is 11.4. The zero-order chi connectivity index (χ0) is 25.1. The highest BCUT2D eigenvalue weighted by atomic mass is 35.5. The molecule has 2 atom stereocenters. The van der Waals surface area contributed by atoms with Crippen LogP contribution in [-0.2, 0) is 24.2 Å². The van der Waals surface area contributed by atoms with Gasteiger partial charge in [0.25, 0.3) is 0 Å². The lowest BCUT2D eigenvalue weighted by molar-refractivity contribution is -0.135. The summed E-state index contributed by atoms with van der Waals surface area (Å²) < 4.78 is 5.90. The Balaban J connectivity index is 1.30. The lowest BCUT2D eigenvalue weighted by atomic mass is 9.86. The van der Waals surface area contributed by atoms with E-state index in [0.717, 1.165) is 69.5 Å². The quantitative estimate of drug-likeness (QED) is 0.404. The molecule has 1 saturated heterocycles. The zero-order valence-corrected chi connectivity index (χ0v) is 22.2. The maximum Gasteiger partial charge on any atom is 0.240 e. The minimum atomic E-state index is -0.148. The third-order valence-corrected chi connectivity index (χ3v) is 7.81. The Labute approximate surface area is 219 Å². The number of benzene rings is 2. The van der Waals surface area contributed by atoms with Crippen LogP contribution in [0.25, 0.3) is 10.9 Å². The summed E-state index contributed by atoms with van der Waals surface area (Å²) in [6.07, 6.45) is 8.08. The smallest absolute Gasteiger partial charge is 0.240 e. The van der Waals surface area contributed by atoms with Crippen LogP contribution in [-0.4, -0.2) is 41.5 Å². The van der Waals surface area contributed by atoms with Crippen molar-refractivity contribution in [3.05, 3.63) is 64.3 Å². The minimum Gasteiger partial charge on any atom is -0.492 e. The average Bonchev–Trinajstić information content (AvgIpc) is 3.22. The Morgan fingerprint density at radius 3 is 2.97 bits per heavy atom. The highest BCUT2D eigenvalue weighted by Gasteiger charge is 2.31. The van der Waals surface area contributed by atoms with Crippen LogP contribution in [0.3, 0.4) is 0 Å². The van der Waals surface area contributed by atoms with Crippen LogP contribution in [0, 0.1) is 11.8 Å². The first kappa shape index (κ1) is 25.2. The van der Waals surface area contributed by atoms with E-state index in [0.29, 0.717) is 23.4 Å². The van der Waals surface area contributed by atoms with Crippen molar-refractivity contribution >= 4 is 28.4 Å². The number of carbonyl (C=O) groups is 1. The molecule has 6 heteroatoms. The van der Waals surface area contributed by atoms with E-state index >= 15 is 0 Å². The fourth-order valence-corrected chi connectivity index (χ4v) is 6.17. The molecule has 2 unspecified atom stereocenters. The number of ether oxygens (including phenoxy) is 1. The molecule has 2 aliphatic rings. The maximum atomic E-state index is 13.8. The molecule has 1 aromatic heterocycles. The Morgan fingerprint density at radius 2 is 2.11 bits per heavy atom. The molecule has 5 rings (SSSR count). The van der Waals surface area contributed by atoms with Crippen molar-refractivity contribution in [1.29, 1.82) is 0 Å². The van der Waals surface area contributed by atoms with Gasteiger partial charge in [0.05, 0.1) is 17.7 Å². The third kappa shape index (κ3) is 5.73. The summed E-state index contributed by atoms with van der Waals surface area (Å²) in [5.41, 5.74) is 4.83. The second kappa shape index (κ2) is 11.3. The number of hydrogen-bond donors (Lipinski definition) is 2. The number of H-pyrrole nitrogens is 1. The summed E-state index contributed by atoms with van der Waals surface area (Å²) in [6.45, 7) is 7.25. The highest BCUT2D eigenvalue weighted by Crippen LogP contribution is 2.34. The van der Waals surface area contributed by atoms with Gasteiger partial charge in [-0.2, -0.15) is 0 Å². The molecule has 5 nitrogen and oxygen atoms in total. The van der Waals surface area contributed by atoms with E-state index < -0.39 is 0 Å². The number of piperidine rings is 1. The molecular formula is C30H38ClN3O2. The molecule has 2 aromatic carbocycles. The van der Waals surface area contributed by atoms with Gasteiger partial charge in [0.15, 0.2) is 0 Å². The molecule has 3 aromatic rings. The molecule has 36 heavy (non-hydrogen) atoms. The van der Waals surface area contributed by atoms with Crippen molar-refractivity contribution in [3.63, 3.8) is 0 Å². The van der Waals surface area contributed by atoms with Crippen molar-refractivity contribution < 1.29 is 9.53 Å². The number of amides is 1. The van der Waals surface area contributed by atoms with Gasteiger partial charge in [0.2, 0.25) is 5.91 Å². The summed E-state index contributed by atoms with van der Waals surface area (Å²) in [7, 11) is 0. The molecule has 1 fully saturated rings. The third-order valence-electron chi connectivity index (χ3n) is 7.53. The van der Waals surface area contributed by atoms with Crippen LogP contribution < -0.4 is 10.1 Å². The topological polar surface area (TPSA) is 57.4 Å². The number of carbonyl (C=O) groups excluding carboxylic acids is 1. The number of rotatable bonds is 7. The van der Waals surface area contributed by atoms with Crippen molar-refractivity contribution in [2.45, 2.75) is 65.0 Å². The van der Waals surface area contributed by atoms with Crippen LogP contribution in [0.4, 0.5) is 0 Å². The predicted octanol–water partition coefficient (Wildman–Crippen LogP) is 6.13. The van der Waals surface area contributed by atoms with Gasteiger partial charge in [-0.3, -0.25) is 4.79 Å². The molecule has 0 saturated carbocycles. The van der Waals surface area contributed by atoms with Gasteiger partial charge in [0.1, 0.15) is 5.75 Å². The van der Waals surface area contributed by atoms with Gasteiger partial charge in [-0.15, -0.1) is 0 Å². The van der Waals surface area contributed by atoms with Crippen molar-refractivity contribution in [1.82, 2.24) is 15.2 Å². The van der Waals surface area contributed by atoms with E-state index in [1.165, 1.54) is 22.0 Å². The molecule has 2 aliphatic heterocycles. The molecule has 192 valence electrons. The predicted molar refractivity (Wildman–Crippen MR) is 147 cm³/mol. The number of halogens is 1. The summed E-state index contributed by atoms with van der Waals surface area (Å²) in [5, 5.41) is 5.45. The monoisotopic (exact) mass is 507 g/mol. The van der Waals surface area contributed by atoms with E-state index in [9.17, 15) is 4.79 Å². The van der Waals surface area contributed by atoms with E-state index in [4.69, 9.17) is 16.3 Å². The minimum absolute atomic E-state index is 0.148. The number of para-hydroxylation sites is 1. The normalized spacial score (nSPS) is 20.1. The van der Waals surface area contributed by atoms with Gasteiger partial charge >= 0.3 is 0 Å². The number of fused-ring (bicyclic) bond motifs is 2. The Kier molecular flexibility index (Phi) is 7.87. The highest BCUT2D eigenvalue weighted by molar-refractivity contribution is 6.32. The first-order valence-corrected chi connectivity index (χ1v) is 13.9. The van der Waals surface area contributed by atoms with Gasteiger partial charge in [0, 0.05) is 24.8 Å². The lowest BCUT2D eigenvalue weighted by Gasteiger charge is -2.34. The van der Waals surface area contributed by atoms with Crippen molar-refractivity contribution in [2.24, 2.45) is 11.8 Å². The second-order valence-electron chi connectivity index (χ2n) is 10.9. The Morgan fingerprint density at radius 1 is 1.22 bits per heavy atom. The van der Waals surface area contributed by atoms with Crippen molar-refractivity contribution in [2.75, 3.05) is 19.7 Å². The number of aromatic amines is 1. The van der Waals surface area contributed by atoms with Crippen LogP contribution in [0.5, 0.6) is 5.75 Å². The van der Waals surface area contributed by atoms with Crippen LogP contribution in [0.2, 0.25) is 5.02 Å². The van der Waals surface area contributed by atoms with Gasteiger partial charge in [-0.25, -0.2) is 0 Å². The number of hydrogen-bond acceptors (Lipinski definition) is 3. The fraction of sp³-hybridized carbons (Fsp3) is 0.500. The first-order chi connectivity index (χ1) is 17.5.